The van der Waals surface area contributed by atoms with Gasteiger partial charge in [-0.15, -0.1) is 0 Å². The first kappa shape index (κ1) is 12.1. The topological polar surface area (TPSA) is 66.3 Å². The SMILES string of the molecule is Cc1cnc(N2CCCC[C@@H]2C(=O)O)nc1Cl. The van der Waals surface area contributed by atoms with Gasteiger partial charge in [0.15, 0.2) is 0 Å². The molecule has 6 heteroatoms. The van der Waals surface area contributed by atoms with Gasteiger partial charge in [0.05, 0.1) is 0 Å². The smallest absolute Gasteiger partial charge is 0.326 e. The highest BCUT2D eigenvalue weighted by Crippen LogP contribution is 2.23. The molecule has 0 saturated carbocycles. The number of aliphatic carboxylic acids is 1. The van der Waals surface area contributed by atoms with Gasteiger partial charge in [-0.2, -0.15) is 0 Å². The summed E-state index contributed by atoms with van der Waals surface area (Å²) >= 11 is 5.94. The molecule has 0 unspecified atom stereocenters. The molecule has 0 aromatic carbocycles. The number of aromatic nitrogens is 2. The van der Waals surface area contributed by atoms with E-state index in [0.717, 1.165) is 18.4 Å². The first-order chi connectivity index (χ1) is 8.09. The van der Waals surface area contributed by atoms with Crippen molar-refractivity contribution in [1.82, 2.24) is 9.97 Å². The van der Waals surface area contributed by atoms with Crippen LogP contribution in [-0.4, -0.2) is 33.6 Å². The van der Waals surface area contributed by atoms with Gasteiger partial charge in [-0.05, 0) is 26.2 Å². The van der Waals surface area contributed by atoms with E-state index in [0.29, 0.717) is 24.1 Å². The number of carbonyl (C=O) groups is 1. The average molecular weight is 256 g/mol. The second kappa shape index (κ2) is 4.87. The van der Waals surface area contributed by atoms with Crippen molar-refractivity contribution in [3.05, 3.63) is 16.9 Å². The number of nitrogens with zero attached hydrogens (tertiary/aromatic N) is 3. The Labute approximate surface area is 104 Å². The molecule has 2 rings (SSSR count). The van der Waals surface area contributed by atoms with Crippen LogP contribution < -0.4 is 4.90 Å². The molecule has 0 aliphatic carbocycles. The zero-order chi connectivity index (χ0) is 12.4. The first-order valence-electron chi connectivity index (χ1n) is 5.58. The molecule has 1 aliphatic heterocycles. The van der Waals surface area contributed by atoms with Crippen molar-refractivity contribution < 1.29 is 9.90 Å². The van der Waals surface area contributed by atoms with Crippen LogP contribution in [-0.2, 0) is 4.79 Å². The Morgan fingerprint density at radius 3 is 3.00 bits per heavy atom. The van der Waals surface area contributed by atoms with Gasteiger partial charge in [-0.1, -0.05) is 11.6 Å². The quantitative estimate of drug-likeness (QED) is 0.818. The van der Waals surface area contributed by atoms with E-state index in [1.54, 1.807) is 11.1 Å². The molecule has 0 radical (unpaired) electrons. The lowest BCUT2D eigenvalue weighted by Gasteiger charge is -2.32. The first-order valence-corrected chi connectivity index (χ1v) is 5.96. The molecule has 0 spiro atoms. The second-order valence-electron chi connectivity index (χ2n) is 4.19. The molecule has 1 fully saturated rings. The molecular weight excluding hydrogens is 242 g/mol. The second-order valence-corrected chi connectivity index (χ2v) is 4.55. The van der Waals surface area contributed by atoms with Crippen molar-refractivity contribution >= 4 is 23.5 Å². The van der Waals surface area contributed by atoms with Gasteiger partial charge in [0.1, 0.15) is 11.2 Å². The third-order valence-corrected chi connectivity index (χ3v) is 3.32. The molecule has 1 aromatic heterocycles. The zero-order valence-electron chi connectivity index (χ0n) is 9.56. The monoisotopic (exact) mass is 255 g/mol. The number of aryl methyl sites for hydroxylation is 1. The van der Waals surface area contributed by atoms with E-state index >= 15 is 0 Å². The van der Waals surface area contributed by atoms with E-state index in [-0.39, 0.29) is 0 Å². The summed E-state index contributed by atoms with van der Waals surface area (Å²) in [7, 11) is 0. The van der Waals surface area contributed by atoms with Crippen LogP contribution in [0.3, 0.4) is 0 Å². The minimum absolute atomic E-state index is 0.379. The van der Waals surface area contributed by atoms with E-state index in [9.17, 15) is 4.79 Å². The molecule has 1 saturated heterocycles. The van der Waals surface area contributed by atoms with Crippen LogP contribution in [0.4, 0.5) is 5.95 Å². The molecule has 17 heavy (non-hydrogen) atoms. The molecule has 2 heterocycles. The molecule has 1 aromatic rings. The predicted octanol–water partition coefficient (Wildman–Crippen LogP) is 1.88. The number of carboxylic acids is 1. The number of hydrogen-bond donors (Lipinski definition) is 1. The normalized spacial score (nSPS) is 20.4. The number of hydrogen-bond acceptors (Lipinski definition) is 4. The predicted molar refractivity (Wildman–Crippen MR) is 64.4 cm³/mol. The van der Waals surface area contributed by atoms with E-state index in [1.165, 1.54) is 0 Å². The molecule has 1 atom stereocenters. The highest BCUT2D eigenvalue weighted by molar-refractivity contribution is 6.30. The highest BCUT2D eigenvalue weighted by atomic mass is 35.5. The van der Waals surface area contributed by atoms with Crippen LogP contribution in [0.15, 0.2) is 6.20 Å². The van der Waals surface area contributed by atoms with E-state index in [2.05, 4.69) is 9.97 Å². The van der Waals surface area contributed by atoms with Crippen LogP contribution >= 0.6 is 11.6 Å². The Morgan fingerprint density at radius 1 is 1.59 bits per heavy atom. The van der Waals surface area contributed by atoms with Crippen LogP contribution in [0.1, 0.15) is 24.8 Å². The molecule has 5 nitrogen and oxygen atoms in total. The number of anilines is 1. The average Bonchev–Trinajstić information content (AvgIpc) is 2.32. The number of carboxylic acid groups (broad SMARTS) is 1. The number of piperidine rings is 1. The van der Waals surface area contributed by atoms with Gasteiger partial charge < -0.3 is 10.0 Å². The molecule has 1 aliphatic rings. The van der Waals surface area contributed by atoms with Gasteiger partial charge in [0, 0.05) is 18.3 Å². The Hall–Kier alpha value is -1.36. The van der Waals surface area contributed by atoms with Crippen molar-refractivity contribution in [1.29, 1.82) is 0 Å². The Kier molecular flexibility index (Phi) is 3.47. The summed E-state index contributed by atoms with van der Waals surface area (Å²) in [5, 5.41) is 9.54. The van der Waals surface area contributed by atoms with Gasteiger partial charge in [-0.25, -0.2) is 14.8 Å². The van der Waals surface area contributed by atoms with E-state index < -0.39 is 12.0 Å². The minimum atomic E-state index is -0.829. The van der Waals surface area contributed by atoms with Crippen molar-refractivity contribution in [3.63, 3.8) is 0 Å². The summed E-state index contributed by atoms with van der Waals surface area (Å²) in [6.45, 7) is 2.48. The summed E-state index contributed by atoms with van der Waals surface area (Å²) in [6, 6.07) is -0.539. The van der Waals surface area contributed by atoms with Crippen molar-refractivity contribution in [2.75, 3.05) is 11.4 Å². The highest BCUT2D eigenvalue weighted by Gasteiger charge is 2.30. The lowest BCUT2D eigenvalue weighted by molar-refractivity contribution is -0.139. The molecule has 1 N–H and O–H groups in total. The number of rotatable bonds is 2. The minimum Gasteiger partial charge on any atom is -0.480 e. The van der Waals surface area contributed by atoms with Crippen LogP contribution in [0.2, 0.25) is 5.15 Å². The molecular formula is C11H14ClN3O2. The number of halogens is 1. The maximum absolute atomic E-state index is 11.2. The Bertz CT molecular complexity index is 439. The fraction of sp³-hybridized carbons (Fsp3) is 0.545. The van der Waals surface area contributed by atoms with E-state index in [1.807, 2.05) is 6.92 Å². The van der Waals surface area contributed by atoms with Crippen molar-refractivity contribution in [2.24, 2.45) is 0 Å². The summed E-state index contributed by atoms with van der Waals surface area (Å²) in [6.07, 6.45) is 4.13. The van der Waals surface area contributed by atoms with Gasteiger partial charge >= 0.3 is 5.97 Å². The third-order valence-electron chi connectivity index (χ3n) is 2.94. The summed E-state index contributed by atoms with van der Waals surface area (Å²) in [4.78, 5) is 21.2. The van der Waals surface area contributed by atoms with Crippen LogP contribution in [0.5, 0.6) is 0 Å². The largest absolute Gasteiger partial charge is 0.480 e. The Balaban J connectivity index is 2.29. The maximum atomic E-state index is 11.2. The van der Waals surface area contributed by atoms with Gasteiger partial charge in [0.2, 0.25) is 5.95 Å². The fourth-order valence-electron chi connectivity index (χ4n) is 1.98. The van der Waals surface area contributed by atoms with E-state index in [4.69, 9.17) is 16.7 Å². The lowest BCUT2D eigenvalue weighted by Crippen LogP contribution is -2.45. The standard InChI is InChI=1S/C11H14ClN3O2/c1-7-6-13-11(14-9(7)12)15-5-3-2-4-8(15)10(16)17/h6,8H,2-5H2,1H3,(H,16,17)/t8-/m1/s1. The van der Waals surface area contributed by atoms with Crippen molar-refractivity contribution in [3.8, 4) is 0 Å². The molecule has 0 bridgehead atoms. The summed E-state index contributed by atoms with van der Waals surface area (Å²) in [5.74, 6) is -0.419. The lowest BCUT2D eigenvalue weighted by atomic mass is 10.0. The maximum Gasteiger partial charge on any atom is 0.326 e. The molecule has 0 amide bonds. The van der Waals surface area contributed by atoms with Crippen molar-refractivity contribution in [2.45, 2.75) is 32.2 Å². The zero-order valence-corrected chi connectivity index (χ0v) is 10.3. The summed E-state index contributed by atoms with van der Waals surface area (Å²) < 4.78 is 0. The molecule has 92 valence electrons. The Morgan fingerprint density at radius 2 is 2.35 bits per heavy atom. The van der Waals surface area contributed by atoms with Crippen LogP contribution in [0.25, 0.3) is 0 Å². The van der Waals surface area contributed by atoms with Gasteiger partial charge in [0.25, 0.3) is 0 Å². The summed E-state index contributed by atoms with van der Waals surface area (Å²) in [5.41, 5.74) is 0.791. The van der Waals surface area contributed by atoms with Gasteiger partial charge in [-0.3, -0.25) is 0 Å². The fourth-order valence-corrected chi connectivity index (χ4v) is 2.10. The van der Waals surface area contributed by atoms with Crippen LogP contribution in [0, 0.1) is 6.92 Å². The third kappa shape index (κ3) is 2.49.